The molecule has 1 aromatic heterocycles. The Labute approximate surface area is 121 Å². The van der Waals surface area contributed by atoms with E-state index in [1.807, 2.05) is 30.3 Å². The molecule has 21 heavy (non-hydrogen) atoms. The van der Waals surface area contributed by atoms with Crippen molar-refractivity contribution >= 4 is 11.9 Å². The van der Waals surface area contributed by atoms with Gasteiger partial charge in [-0.25, -0.2) is 14.4 Å². The van der Waals surface area contributed by atoms with Crippen molar-refractivity contribution < 1.29 is 14.3 Å². The molecule has 0 fully saturated rings. The number of hydrogen-bond acceptors (Lipinski definition) is 4. The van der Waals surface area contributed by atoms with Crippen molar-refractivity contribution in [2.24, 2.45) is 0 Å². The van der Waals surface area contributed by atoms with E-state index in [1.165, 1.54) is 0 Å². The van der Waals surface area contributed by atoms with Crippen molar-refractivity contribution in [1.29, 1.82) is 0 Å². The Kier molecular flexibility index (Phi) is 5.20. The second-order valence-electron chi connectivity index (χ2n) is 4.69. The van der Waals surface area contributed by atoms with Gasteiger partial charge in [0, 0.05) is 12.5 Å². The first-order chi connectivity index (χ1) is 10.1. The van der Waals surface area contributed by atoms with Crippen LogP contribution < -0.4 is 5.32 Å². The SMILES string of the molecule is O=C(O)CCC(Cc1ccccc1)Nc1ncc(F)cn1. The Bertz CT molecular complexity index is 575. The van der Waals surface area contributed by atoms with E-state index >= 15 is 0 Å². The molecular formula is C15H16FN3O2. The molecule has 2 N–H and O–H groups in total. The molecule has 0 aliphatic carbocycles. The molecule has 0 aliphatic rings. The molecule has 1 unspecified atom stereocenters. The van der Waals surface area contributed by atoms with Crippen LogP contribution in [-0.4, -0.2) is 27.1 Å². The summed E-state index contributed by atoms with van der Waals surface area (Å²) in [6.45, 7) is 0. The molecule has 5 nitrogen and oxygen atoms in total. The monoisotopic (exact) mass is 289 g/mol. The zero-order valence-corrected chi connectivity index (χ0v) is 11.4. The fourth-order valence-corrected chi connectivity index (χ4v) is 1.99. The predicted molar refractivity (Wildman–Crippen MR) is 76.4 cm³/mol. The number of aliphatic carboxylic acids is 1. The molecule has 0 saturated heterocycles. The van der Waals surface area contributed by atoms with Gasteiger partial charge in [0.05, 0.1) is 12.4 Å². The van der Waals surface area contributed by atoms with E-state index in [1.54, 1.807) is 0 Å². The standard InChI is InChI=1S/C15H16FN3O2/c16-12-9-17-15(18-10-12)19-13(6-7-14(20)21)8-11-4-2-1-3-5-11/h1-5,9-10,13H,6-8H2,(H,20,21)(H,17,18,19). The van der Waals surface area contributed by atoms with E-state index in [9.17, 15) is 9.18 Å². The Morgan fingerprint density at radius 1 is 1.24 bits per heavy atom. The number of carbonyl (C=O) groups is 1. The normalized spacial score (nSPS) is 11.9. The van der Waals surface area contributed by atoms with E-state index in [0.717, 1.165) is 18.0 Å². The first-order valence-corrected chi connectivity index (χ1v) is 6.63. The van der Waals surface area contributed by atoms with E-state index in [4.69, 9.17) is 5.11 Å². The third kappa shape index (κ3) is 5.18. The zero-order chi connectivity index (χ0) is 15.1. The van der Waals surface area contributed by atoms with Gasteiger partial charge in [-0.05, 0) is 18.4 Å². The van der Waals surface area contributed by atoms with Gasteiger partial charge < -0.3 is 10.4 Å². The smallest absolute Gasteiger partial charge is 0.303 e. The molecule has 110 valence electrons. The highest BCUT2D eigenvalue weighted by molar-refractivity contribution is 5.66. The molecule has 2 aromatic rings. The van der Waals surface area contributed by atoms with E-state index in [0.29, 0.717) is 18.8 Å². The van der Waals surface area contributed by atoms with Crippen LogP contribution in [0, 0.1) is 5.82 Å². The number of hydrogen-bond donors (Lipinski definition) is 2. The first kappa shape index (κ1) is 14.9. The molecule has 1 aromatic carbocycles. The van der Waals surface area contributed by atoms with Crippen LogP contribution in [-0.2, 0) is 11.2 Å². The van der Waals surface area contributed by atoms with Gasteiger partial charge >= 0.3 is 5.97 Å². The molecule has 0 aliphatic heterocycles. The lowest BCUT2D eigenvalue weighted by Gasteiger charge is -2.18. The second-order valence-corrected chi connectivity index (χ2v) is 4.69. The van der Waals surface area contributed by atoms with Gasteiger partial charge in [-0.2, -0.15) is 0 Å². The Morgan fingerprint density at radius 2 is 1.90 bits per heavy atom. The minimum atomic E-state index is -0.852. The summed E-state index contributed by atoms with van der Waals surface area (Å²) in [6, 6.07) is 9.60. The molecule has 1 heterocycles. The van der Waals surface area contributed by atoms with Crippen LogP contribution in [0.5, 0.6) is 0 Å². The second kappa shape index (κ2) is 7.33. The number of carboxylic acids is 1. The molecule has 0 amide bonds. The minimum Gasteiger partial charge on any atom is -0.481 e. The molecular weight excluding hydrogens is 273 g/mol. The summed E-state index contributed by atoms with van der Waals surface area (Å²) in [4.78, 5) is 18.4. The first-order valence-electron chi connectivity index (χ1n) is 6.63. The van der Waals surface area contributed by atoms with Crippen molar-refractivity contribution in [2.45, 2.75) is 25.3 Å². The predicted octanol–water partition coefficient (Wildman–Crippen LogP) is 2.50. The molecule has 1 atom stereocenters. The molecule has 0 bridgehead atoms. The van der Waals surface area contributed by atoms with Crippen LogP contribution in [0.25, 0.3) is 0 Å². The number of rotatable bonds is 7. The number of anilines is 1. The lowest BCUT2D eigenvalue weighted by atomic mass is 10.0. The van der Waals surface area contributed by atoms with E-state index < -0.39 is 11.8 Å². The molecule has 0 spiro atoms. The largest absolute Gasteiger partial charge is 0.481 e. The van der Waals surface area contributed by atoms with Crippen LogP contribution in [0.2, 0.25) is 0 Å². The van der Waals surface area contributed by atoms with Crippen LogP contribution in [0.15, 0.2) is 42.7 Å². The van der Waals surface area contributed by atoms with E-state index in [2.05, 4.69) is 15.3 Å². The number of nitrogens with one attached hydrogen (secondary N) is 1. The fourth-order valence-electron chi connectivity index (χ4n) is 1.99. The zero-order valence-electron chi connectivity index (χ0n) is 11.4. The van der Waals surface area contributed by atoms with Crippen LogP contribution in [0.1, 0.15) is 18.4 Å². The van der Waals surface area contributed by atoms with Gasteiger partial charge in [-0.1, -0.05) is 30.3 Å². The van der Waals surface area contributed by atoms with Crippen molar-refractivity contribution in [3.8, 4) is 0 Å². The Hall–Kier alpha value is -2.50. The third-order valence-electron chi connectivity index (χ3n) is 2.99. The van der Waals surface area contributed by atoms with Crippen molar-refractivity contribution in [3.05, 3.63) is 54.1 Å². The number of carboxylic acid groups (broad SMARTS) is 1. The number of halogens is 1. The van der Waals surface area contributed by atoms with Crippen LogP contribution >= 0.6 is 0 Å². The maximum absolute atomic E-state index is 12.8. The number of aromatic nitrogens is 2. The van der Waals surface area contributed by atoms with Crippen molar-refractivity contribution in [2.75, 3.05) is 5.32 Å². The average molecular weight is 289 g/mol. The molecule has 0 saturated carbocycles. The quantitative estimate of drug-likeness (QED) is 0.819. The maximum Gasteiger partial charge on any atom is 0.303 e. The van der Waals surface area contributed by atoms with Crippen molar-refractivity contribution in [3.63, 3.8) is 0 Å². The Morgan fingerprint density at radius 3 is 2.52 bits per heavy atom. The maximum atomic E-state index is 12.8. The average Bonchev–Trinajstić information content (AvgIpc) is 2.48. The number of benzene rings is 1. The summed E-state index contributed by atoms with van der Waals surface area (Å²) in [5.74, 6) is -1.07. The van der Waals surface area contributed by atoms with Gasteiger partial charge in [0.15, 0.2) is 5.82 Å². The highest BCUT2D eigenvalue weighted by Gasteiger charge is 2.13. The highest BCUT2D eigenvalue weighted by Crippen LogP contribution is 2.12. The fraction of sp³-hybridized carbons (Fsp3) is 0.267. The molecule has 6 heteroatoms. The summed E-state index contributed by atoms with van der Waals surface area (Å²) in [5, 5.41) is 11.9. The Balaban J connectivity index is 2.04. The van der Waals surface area contributed by atoms with Gasteiger partial charge in [-0.15, -0.1) is 0 Å². The minimum absolute atomic E-state index is 0.0473. The summed E-state index contributed by atoms with van der Waals surface area (Å²) in [6.07, 6.45) is 3.28. The number of nitrogens with zero attached hydrogens (tertiary/aromatic N) is 2. The lowest BCUT2D eigenvalue weighted by molar-refractivity contribution is -0.137. The van der Waals surface area contributed by atoms with Crippen molar-refractivity contribution in [1.82, 2.24) is 9.97 Å². The molecule has 2 rings (SSSR count). The summed E-state index contributed by atoms with van der Waals surface area (Å²) in [7, 11) is 0. The van der Waals surface area contributed by atoms with Gasteiger partial charge in [-0.3, -0.25) is 4.79 Å². The van der Waals surface area contributed by atoms with E-state index in [-0.39, 0.29) is 12.5 Å². The molecule has 0 radical (unpaired) electrons. The summed E-state index contributed by atoms with van der Waals surface area (Å²) >= 11 is 0. The van der Waals surface area contributed by atoms with Crippen LogP contribution in [0.3, 0.4) is 0 Å². The van der Waals surface area contributed by atoms with Gasteiger partial charge in [0.2, 0.25) is 5.95 Å². The van der Waals surface area contributed by atoms with Gasteiger partial charge in [0.25, 0.3) is 0 Å². The highest BCUT2D eigenvalue weighted by atomic mass is 19.1. The topological polar surface area (TPSA) is 75.1 Å². The summed E-state index contributed by atoms with van der Waals surface area (Å²) < 4.78 is 12.8. The van der Waals surface area contributed by atoms with Gasteiger partial charge in [0.1, 0.15) is 0 Å². The lowest BCUT2D eigenvalue weighted by Crippen LogP contribution is -2.24. The summed E-state index contributed by atoms with van der Waals surface area (Å²) in [5.41, 5.74) is 1.09. The third-order valence-corrected chi connectivity index (χ3v) is 2.99. The van der Waals surface area contributed by atoms with Crippen LogP contribution in [0.4, 0.5) is 10.3 Å².